The van der Waals surface area contributed by atoms with Crippen LogP contribution in [0.3, 0.4) is 0 Å². The number of carboxylic acids is 1. The molecule has 0 aliphatic carbocycles. The van der Waals surface area contributed by atoms with Crippen molar-refractivity contribution in [3.63, 3.8) is 0 Å². The SMILES string of the molecule is Cc1noc(C2CCCCN2Cc2ccc(-c3ccccc3C(=O)O)cc2)n1. The molecule has 1 saturated heterocycles. The van der Waals surface area contributed by atoms with E-state index in [9.17, 15) is 9.90 Å². The molecule has 0 saturated carbocycles. The number of hydrogen-bond acceptors (Lipinski definition) is 5. The van der Waals surface area contributed by atoms with Gasteiger partial charge in [-0.05, 0) is 49.1 Å². The molecule has 0 spiro atoms. The number of nitrogens with zero attached hydrogens (tertiary/aromatic N) is 3. The smallest absolute Gasteiger partial charge is 0.336 e. The lowest BCUT2D eigenvalue weighted by Crippen LogP contribution is -2.33. The first-order valence-corrected chi connectivity index (χ1v) is 9.58. The molecular formula is C22H23N3O3. The van der Waals surface area contributed by atoms with Crippen LogP contribution in [0, 0.1) is 6.92 Å². The number of rotatable bonds is 5. The van der Waals surface area contributed by atoms with Crippen molar-refractivity contribution in [1.82, 2.24) is 15.0 Å². The first-order chi connectivity index (χ1) is 13.6. The summed E-state index contributed by atoms with van der Waals surface area (Å²) in [6, 6.07) is 15.4. The van der Waals surface area contributed by atoms with Crippen LogP contribution in [0.2, 0.25) is 0 Å². The summed E-state index contributed by atoms with van der Waals surface area (Å²) in [6.45, 7) is 3.64. The first kappa shape index (κ1) is 18.4. The number of aryl methyl sites for hydroxylation is 1. The standard InChI is InChI=1S/C22H23N3O3/c1-15-23-21(28-24-15)20-8-4-5-13-25(20)14-16-9-11-17(12-10-16)18-6-2-3-7-19(18)22(26)27/h2-3,6-7,9-12,20H,4-5,8,13-14H2,1H3,(H,26,27). The summed E-state index contributed by atoms with van der Waals surface area (Å²) in [5, 5.41) is 13.4. The summed E-state index contributed by atoms with van der Waals surface area (Å²) in [7, 11) is 0. The zero-order valence-electron chi connectivity index (χ0n) is 15.8. The highest BCUT2D eigenvalue weighted by Gasteiger charge is 2.28. The molecule has 1 fully saturated rings. The van der Waals surface area contributed by atoms with Gasteiger partial charge in [-0.2, -0.15) is 4.98 Å². The summed E-state index contributed by atoms with van der Waals surface area (Å²) in [5.41, 5.74) is 3.14. The normalized spacial score (nSPS) is 17.5. The third kappa shape index (κ3) is 3.82. The van der Waals surface area contributed by atoms with Crippen LogP contribution in [-0.4, -0.2) is 32.7 Å². The Labute approximate surface area is 163 Å². The number of carboxylic acid groups (broad SMARTS) is 1. The van der Waals surface area contributed by atoms with Crippen LogP contribution in [-0.2, 0) is 6.54 Å². The highest BCUT2D eigenvalue weighted by atomic mass is 16.5. The van der Waals surface area contributed by atoms with E-state index < -0.39 is 5.97 Å². The Hall–Kier alpha value is -2.99. The van der Waals surface area contributed by atoms with Gasteiger partial charge in [0.25, 0.3) is 0 Å². The summed E-state index contributed by atoms with van der Waals surface area (Å²) in [4.78, 5) is 18.3. The number of likely N-dealkylation sites (tertiary alicyclic amines) is 1. The third-order valence-corrected chi connectivity index (χ3v) is 5.25. The van der Waals surface area contributed by atoms with Crippen LogP contribution in [0.15, 0.2) is 53.1 Å². The molecule has 1 atom stereocenters. The largest absolute Gasteiger partial charge is 0.478 e. The Kier molecular flexibility index (Phi) is 5.21. The summed E-state index contributed by atoms with van der Waals surface area (Å²) in [5.74, 6) is 0.455. The maximum atomic E-state index is 11.5. The zero-order valence-corrected chi connectivity index (χ0v) is 15.8. The zero-order chi connectivity index (χ0) is 19.5. The van der Waals surface area contributed by atoms with Crippen molar-refractivity contribution in [2.24, 2.45) is 0 Å². The Morgan fingerprint density at radius 1 is 1.18 bits per heavy atom. The van der Waals surface area contributed by atoms with Gasteiger partial charge in [-0.15, -0.1) is 0 Å². The van der Waals surface area contributed by atoms with E-state index in [1.54, 1.807) is 12.1 Å². The van der Waals surface area contributed by atoms with Gasteiger partial charge >= 0.3 is 5.97 Å². The molecule has 1 N–H and O–H groups in total. The number of hydrogen-bond donors (Lipinski definition) is 1. The molecule has 1 unspecified atom stereocenters. The summed E-state index contributed by atoms with van der Waals surface area (Å²) >= 11 is 0. The lowest BCUT2D eigenvalue weighted by Gasteiger charge is -2.33. The van der Waals surface area contributed by atoms with Crippen molar-refractivity contribution >= 4 is 5.97 Å². The minimum atomic E-state index is -0.911. The van der Waals surface area contributed by atoms with Gasteiger partial charge in [0, 0.05) is 6.54 Å². The predicted octanol–water partition coefficient (Wildman–Crippen LogP) is 4.47. The summed E-state index contributed by atoms with van der Waals surface area (Å²) in [6.07, 6.45) is 3.34. The van der Waals surface area contributed by atoms with Gasteiger partial charge in [0.2, 0.25) is 5.89 Å². The third-order valence-electron chi connectivity index (χ3n) is 5.25. The fourth-order valence-electron chi connectivity index (χ4n) is 3.85. The van der Waals surface area contributed by atoms with E-state index in [-0.39, 0.29) is 6.04 Å². The second-order valence-corrected chi connectivity index (χ2v) is 7.21. The Morgan fingerprint density at radius 3 is 2.68 bits per heavy atom. The Morgan fingerprint density at radius 2 is 1.96 bits per heavy atom. The monoisotopic (exact) mass is 377 g/mol. The van der Waals surface area contributed by atoms with Gasteiger partial charge in [0.15, 0.2) is 5.82 Å². The quantitative estimate of drug-likeness (QED) is 0.707. The second kappa shape index (κ2) is 7.94. The highest BCUT2D eigenvalue weighted by Crippen LogP contribution is 2.32. The van der Waals surface area contributed by atoms with Crippen molar-refractivity contribution in [2.45, 2.75) is 38.8 Å². The molecule has 0 amide bonds. The second-order valence-electron chi connectivity index (χ2n) is 7.21. The average molecular weight is 377 g/mol. The molecule has 3 aromatic rings. The number of carbonyl (C=O) groups is 1. The van der Waals surface area contributed by atoms with Crippen molar-refractivity contribution in [3.05, 3.63) is 71.4 Å². The predicted molar refractivity (Wildman–Crippen MR) is 105 cm³/mol. The van der Waals surface area contributed by atoms with Crippen molar-refractivity contribution in [2.75, 3.05) is 6.54 Å². The molecule has 144 valence electrons. The molecule has 2 aromatic carbocycles. The molecule has 1 aromatic heterocycles. The van der Waals surface area contributed by atoms with E-state index >= 15 is 0 Å². The maximum Gasteiger partial charge on any atom is 0.336 e. The van der Waals surface area contributed by atoms with Crippen LogP contribution in [0.25, 0.3) is 11.1 Å². The molecule has 28 heavy (non-hydrogen) atoms. The van der Waals surface area contributed by atoms with Crippen LogP contribution >= 0.6 is 0 Å². The van der Waals surface area contributed by atoms with Gasteiger partial charge in [0.1, 0.15) is 0 Å². The molecular weight excluding hydrogens is 354 g/mol. The van der Waals surface area contributed by atoms with E-state index in [1.807, 2.05) is 31.2 Å². The van der Waals surface area contributed by atoms with Gasteiger partial charge < -0.3 is 9.63 Å². The van der Waals surface area contributed by atoms with E-state index in [2.05, 4.69) is 27.2 Å². The van der Waals surface area contributed by atoms with Gasteiger partial charge in [-0.1, -0.05) is 54.0 Å². The van der Waals surface area contributed by atoms with Crippen LogP contribution in [0.4, 0.5) is 0 Å². The molecule has 0 bridgehead atoms. The fourth-order valence-corrected chi connectivity index (χ4v) is 3.85. The van der Waals surface area contributed by atoms with Crippen molar-refractivity contribution < 1.29 is 14.4 Å². The molecule has 2 heterocycles. The topological polar surface area (TPSA) is 79.5 Å². The van der Waals surface area contributed by atoms with E-state index in [0.717, 1.165) is 43.5 Å². The van der Waals surface area contributed by atoms with Gasteiger partial charge in [0.05, 0.1) is 11.6 Å². The molecule has 1 aliphatic heterocycles. The first-order valence-electron chi connectivity index (χ1n) is 9.58. The molecule has 0 radical (unpaired) electrons. The van der Waals surface area contributed by atoms with Crippen LogP contribution in [0.1, 0.15) is 52.9 Å². The minimum absolute atomic E-state index is 0.155. The lowest BCUT2D eigenvalue weighted by molar-refractivity contribution is 0.0697. The van der Waals surface area contributed by atoms with Crippen molar-refractivity contribution in [3.8, 4) is 11.1 Å². The number of aromatic nitrogens is 2. The van der Waals surface area contributed by atoms with E-state index in [1.165, 1.54) is 5.56 Å². The van der Waals surface area contributed by atoms with Crippen LogP contribution < -0.4 is 0 Å². The number of aromatic carboxylic acids is 1. The van der Waals surface area contributed by atoms with E-state index in [4.69, 9.17) is 4.52 Å². The van der Waals surface area contributed by atoms with Gasteiger partial charge in [-0.25, -0.2) is 4.79 Å². The minimum Gasteiger partial charge on any atom is -0.478 e. The van der Waals surface area contributed by atoms with Crippen LogP contribution in [0.5, 0.6) is 0 Å². The number of piperidine rings is 1. The van der Waals surface area contributed by atoms with Gasteiger partial charge in [-0.3, -0.25) is 4.90 Å². The Balaban J connectivity index is 1.53. The highest BCUT2D eigenvalue weighted by molar-refractivity contribution is 5.95. The van der Waals surface area contributed by atoms with E-state index in [0.29, 0.717) is 17.3 Å². The maximum absolute atomic E-state index is 11.5. The Bertz CT molecular complexity index is 965. The average Bonchev–Trinajstić information content (AvgIpc) is 3.15. The lowest BCUT2D eigenvalue weighted by atomic mass is 9.97. The summed E-state index contributed by atoms with van der Waals surface area (Å²) < 4.78 is 5.43. The fraction of sp³-hybridized carbons (Fsp3) is 0.318. The molecule has 1 aliphatic rings. The molecule has 6 nitrogen and oxygen atoms in total. The number of benzene rings is 2. The molecule has 4 rings (SSSR count). The molecule has 6 heteroatoms. The van der Waals surface area contributed by atoms with Crippen molar-refractivity contribution in [1.29, 1.82) is 0 Å².